The summed E-state index contributed by atoms with van der Waals surface area (Å²) in [7, 11) is 0. The van der Waals surface area contributed by atoms with Crippen molar-refractivity contribution < 1.29 is 9.59 Å². The van der Waals surface area contributed by atoms with Crippen molar-refractivity contribution in [3.05, 3.63) is 36.0 Å². The number of Topliss-reactive ketones (excluding diaryl/α,β-unsaturated/α-hetero) is 1. The van der Waals surface area contributed by atoms with Gasteiger partial charge in [-0.15, -0.1) is 0 Å². The Hall–Kier alpha value is -2.10. The van der Waals surface area contributed by atoms with Crippen LogP contribution in [0, 0.1) is 5.92 Å². The maximum absolute atomic E-state index is 12.2. The lowest BCUT2D eigenvalue weighted by atomic mass is 9.94. The molecular weight excluding hydrogens is 216 g/mol. The lowest BCUT2D eigenvalue weighted by Gasteiger charge is -2.08. The fraction of sp³-hybridized carbons (Fsp3) is 0.231. The van der Waals surface area contributed by atoms with E-state index in [1.807, 2.05) is 24.3 Å². The third-order valence-electron chi connectivity index (χ3n) is 2.92. The van der Waals surface area contributed by atoms with Gasteiger partial charge in [0.2, 0.25) is 5.91 Å². The number of carbonyl (C=O) groups excluding carboxylic acids is 2. The zero-order chi connectivity index (χ0) is 12.4. The van der Waals surface area contributed by atoms with E-state index in [4.69, 9.17) is 5.73 Å². The third-order valence-corrected chi connectivity index (χ3v) is 2.92. The van der Waals surface area contributed by atoms with Gasteiger partial charge in [-0.3, -0.25) is 9.59 Å². The molecule has 0 saturated carbocycles. The number of hydrogen-bond donors (Lipinski definition) is 2. The topological polar surface area (TPSA) is 76.0 Å². The zero-order valence-electron chi connectivity index (χ0n) is 9.57. The molecule has 0 radical (unpaired) electrons. The second kappa shape index (κ2) is 4.41. The van der Waals surface area contributed by atoms with E-state index in [0.29, 0.717) is 12.0 Å². The molecule has 1 unspecified atom stereocenters. The highest BCUT2D eigenvalue weighted by Gasteiger charge is 2.25. The number of ketones is 1. The number of hydrogen-bond acceptors (Lipinski definition) is 2. The maximum atomic E-state index is 12.2. The van der Waals surface area contributed by atoms with Crippen molar-refractivity contribution in [2.24, 2.45) is 11.7 Å². The Morgan fingerprint density at radius 2 is 2.06 bits per heavy atom. The molecular formula is C13H14N2O2. The van der Waals surface area contributed by atoms with E-state index in [9.17, 15) is 9.59 Å². The number of fused-ring (bicyclic) bond motifs is 1. The first-order chi connectivity index (χ1) is 8.15. The van der Waals surface area contributed by atoms with Crippen molar-refractivity contribution in [1.82, 2.24) is 4.98 Å². The molecule has 0 aliphatic rings. The number of nitrogens with one attached hydrogen (secondary N) is 1. The standard InChI is InChI=1S/C13H14N2O2/c1-2-8(13(14)17)12(16)10-7-15-11-6-4-3-5-9(10)11/h3-8,15H,2H2,1H3,(H2,14,17). The van der Waals surface area contributed by atoms with Crippen LogP contribution < -0.4 is 5.73 Å². The van der Waals surface area contributed by atoms with Gasteiger partial charge >= 0.3 is 0 Å². The summed E-state index contributed by atoms with van der Waals surface area (Å²) in [6, 6.07) is 7.49. The fourth-order valence-electron chi connectivity index (χ4n) is 1.98. The molecule has 0 aliphatic carbocycles. The van der Waals surface area contributed by atoms with Crippen LogP contribution in [-0.2, 0) is 4.79 Å². The molecule has 88 valence electrons. The van der Waals surface area contributed by atoms with Crippen molar-refractivity contribution in [1.29, 1.82) is 0 Å². The first-order valence-electron chi connectivity index (χ1n) is 5.54. The van der Waals surface area contributed by atoms with Crippen LogP contribution in [0.5, 0.6) is 0 Å². The van der Waals surface area contributed by atoms with E-state index in [2.05, 4.69) is 4.98 Å². The molecule has 4 nitrogen and oxygen atoms in total. The molecule has 17 heavy (non-hydrogen) atoms. The molecule has 0 saturated heterocycles. The molecule has 0 aliphatic heterocycles. The first kappa shape index (κ1) is 11.4. The van der Waals surface area contributed by atoms with Crippen molar-refractivity contribution in [2.75, 3.05) is 0 Å². The van der Waals surface area contributed by atoms with E-state index in [1.165, 1.54) is 0 Å². The van der Waals surface area contributed by atoms with Gasteiger partial charge in [0.15, 0.2) is 5.78 Å². The van der Waals surface area contributed by atoms with E-state index in [-0.39, 0.29) is 5.78 Å². The Morgan fingerprint density at radius 1 is 1.35 bits per heavy atom. The lowest BCUT2D eigenvalue weighted by Crippen LogP contribution is -2.29. The van der Waals surface area contributed by atoms with Crippen LogP contribution in [0.15, 0.2) is 30.5 Å². The lowest BCUT2D eigenvalue weighted by molar-refractivity contribution is -0.120. The smallest absolute Gasteiger partial charge is 0.228 e. The zero-order valence-corrected chi connectivity index (χ0v) is 9.57. The summed E-state index contributed by atoms with van der Waals surface area (Å²) in [6.07, 6.45) is 2.06. The van der Waals surface area contributed by atoms with Crippen LogP contribution >= 0.6 is 0 Å². The summed E-state index contributed by atoms with van der Waals surface area (Å²) < 4.78 is 0. The summed E-state index contributed by atoms with van der Waals surface area (Å²) in [5.74, 6) is -1.52. The highest BCUT2D eigenvalue weighted by atomic mass is 16.2. The van der Waals surface area contributed by atoms with Crippen molar-refractivity contribution >= 4 is 22.6 Å². The van der Waals surface area contributed by atoms with Crippen LogP contribution in [0.4, 0.5) is 0 Å². The highest BCUT2D eigenvalue weighted by Crippen LogP contribution is 2.21. The van der Waals surface area contributed by atoms with Crippen LogP contribution in [0.25, 0.3) is 10.9 Å². The molecule has 0 fully saturated rings. The number of carbonyl (C=O) groups is 2. The SMILES string of the molecule is CCC(C(N)=O)C(=O)c1c[nH]c2ccccc12. The molecule has 1 aromatic heterocycles. The minimum absolute atomic E-state index is 0.211. The third kappa shape index (κ3) is 1.93. The predicted octanol–water partition coefficient (Wildman–Crippen LogP) is 1.86. The van der Waals surface area contributed by atoms with Gasteiger partial charge in [0, 0.05) is 22.7 Å². The maximum Gasteiger partial charge on any atom is 0.228 e. The van der Waals surface area contributed by atoms with E-state index < -0.39 is 11.8 Å². The van der Waals surface area contributed by atoms with Crippen LogP contribution in [0.2, 0.25) is 0 Å². The Kier molecular flexibility index (Phi) is 2.95. The van der Waals surface area contributed by atoms with Crippen LogP contribution in [-0.4, -0.2) is 16.7 Å². The van der Waals surface area contributed by atoms with E-state index >= 15 is 0 Å². The highest BCUT2D eigenvalue weighted by molar-refractivity contribution is 6.15. The molecule has 2 aromatic rings. The second-order valence-electron chi connectivity index (χ2n) is 3.98. The largest absolute Gasteiger partial charge is 0.369 e. The number of para-hydroxylation sites is 1. The van der Waals surface area contributed by atoms with Gasteiger partial charge in [-0.2, -0.15) is 0 Å². The Morgan fingerprint density at radius 3 is 2.71 bits per heavy atom. The quantitative estimate of drug-likeness (QED) is 0.621. The van der Waals surface area contributed by atoms with Gasteiger partial charge in [0.25, 0.3) is 0 Å². The summed E-state index contributed by atoms with van der Waals surface area (Å²) in [5.41, 5.74) is 6.65. The first-order valence-corrected chi connectivity index (χ1v) is 5.54. The average molecular weight is 230 g/mol. The predicted molar refractivity (Wildman–Crippen MR) is 65.6 cm³/mol. The van der Waals surface area contributed by atoms with Crippen molar-refractivity contribution in [3.63, 3.8) is 0 Å². The van der Waals surface area contributed by atoms with Crippen LogP contribution in [0.1, 0.15) is 23.7 Å². The van der Waals surface area contributed by atoms with E-state index in [0.717, 1.165) is 10.9 Å². The van der Waals surface area contributed by atoms with Crippen molar-refractivity contribution in [2.45, 2.75) is 13.3 Å². The number of aromatic nitrogens is 1. The molecule has 1 aromatic carbocycles. The van der Waals surface area contributed by atoms with Gasteiger partial charge in [0.1, 0.15) is 5.92 Å². The van der Waals surface area contributed by atoms with Gasteiger partial charge in [0.05, 0.1) is 0 Å². The summed E-state index contributed by atoms with van der Waals surface area (Å²) in [4.78, 5) is 26.4. The number of H-pyrrole nitrogens is 1. The normalized spacial score (nSPS) is 12.5. The summed E-state index contributed by atoms with van der Waals surface area (Å²) in [6.45, 7) is 1.78. The van der Waals surface area contributed by atoms with Gasteiger partial charge in [-0.05, 0) is 12.5 Å². The Balaban J connectivity index is 2.46. The molecule has 1 heterocycles. The minimum atomic E-state index is -0.741. The number of benzene rings is 1. The average Bonchev–Trinajstić information content (AvgIpc) is 2.72. The van der Waals surface area contributed by atoms with Crippen molar-refractivity contribution in [3.8, 4) is 0 Å². The fourth-order valence-corrected chi connectivity index (χ4v) is 1.98. The minimum Gasteiger partial charge on any atom is -0.369 e. The second-order valence-corrected chi connectivity index (χ2v) is 3.98. The number of aromatic amines is 1. The Labute approximate surface area is 98.8 Å². The van der Waals surface area contributed by atoms with Gasteiger partial charge in [-0.1, -0.05) is 25.1 Å². The van der Waals surface area contributed by atoms with E-state index in [1.54, 1.807) is 13.1 Å². The number of rotatable bonds is 4. The molecule has 3 N–H and O–H groups in total. The number of nitrogens with two attached hydrogens (primary N) is 1. The molecule has 1 amide bonds. The summed E-state index contributed by atoms with van der Waals surface area (Å²) >= 11 is 0. The molecule has 1 atom stereocenters. The van der Waals surface area contributed by atoms with Gasteiger partial charge in [-0.25, -0.2) is 0 Å². The summed E-state index contributed by atoms with van der Waals surface area (Å²) in [5, 5.41) is 0.831. The number of primary amides is 1. The number of amides is 1. The van der Waals surface area contributed by atoms with Gasteiger partial charge < -0.3 is 10.7 Å². The van der Waals surface area contributed by atoms with Crippen LogP contribution in [0.3, 0.4) is 0 Å². The molecule has 0 spiro atoms. The molecule has 2 rings (SSSR count). The Bertz CT molecular complexity index is 572. The monoisotopic (exact) mass is 230 g/mol. The molecule has 0 bridgehead atoms. The molecule has 4 heteroatoms.